The molecule has 8 nitrogen and oxygen atoms in total. The lowest BCUT2D eigenvalue weighted by Gasteiger charge is -2.32. The number of sulfonamides is 1. The van der Waals surface area contributed by atoms with Gasteiger partial charge in [0.25, 0.3) is 0 Å². The average molecular weight is 484 g/mol. The molecule has 4 rings (SSSR count). The number of piperidine rings is 1. The van der Waals surface area contributed by atoms with Gasteiger partial charge in [0.2, 0.25) is 21.8 Å². The van der Waals surface area contributed by atoms with Crippen molar-refractivity contribution in [1.29, 1.82) is 0 Å². The van der Waals surface area contributed by atoms with Crippen LogP contribution in [0.2, 0.25) is 0 Å². The van der Waals surface area contributed by atoms with Crippen LogP contribution in [0.15, 0.2) is 53.6 Å². The third-order valence-corrected chi connectivity index (χ3v) is 8.15. The number of benzene rings is 2. The number of amides is 2. The molecule has 2 aromatic carbocycles. The number of hydrogen-bond donors (Lipinski definition) is 1. The topological polar surface area (TPSA) is 96.0 Å². The summed E-state index contributed by atoms with van der Waals surface area (Å²) in [6.45, 7) is 2.40. The van der Waals surface area contributed by atoms with Crippen LogP contribution in [0.5, 0.6) is 5.75 Å². The van der Waals surface area contributed by atoms with Crippen molar-refractivity contribution >= 4 is 33.6 Å². The fourth-order valence-electron chi connectivity index (χ4n) is 4.50. The van der Waals surface area contributed by atoms with Gasteiger partial charge < -0.3 is 15.0 Å². The molecule has 2 heterocycles. The van der Waals surface area contributed by atoms with Gasteiger partial charge >= 0.3 is 0 Å². The van der Waals surface area contributed by atoms with E-state index in [-0.39, 0.29) is 28.9 Å². The van der Waals surface area contributed by atoms with Gasteiger partial charge in [-0.1, -0.05) is 30.7 Å². The maximum atomic E-state index is 13.3. The third kappa shape index (κ3) is 4.85. The minimum Gasteiger partial charge on any atom is -0.495 e. The second-order valence-corrected chi connectivity index (χ2v) is 10.4. The maximum absolute atomic E-state index is 13.3. The molecule has 2 aliphatic heterocycles. The zero-order valence-corrected chi connectivity index (χ0v) is 20.2. The van der Waals surface area contributed by atoms with Crippen LogP contribution in [0.4, 0.5) is 5.69 Å². The highest BCUT2D eigenvalue weighted by Crippen LogP contribution is 2.34. The molecule has 180 valence electrons. The molecule has 0 radical (unpaired) electrons. The number of hydrogen-bond acceptors (Lipinski definition) is 5. The molecule has 2 amide bonds. The van der Waals surface area contributed by atoms with Gasteiger partial charge in [0.1, 0.15) is 10.6 Å². The molecule has 0 unspecified atom stereocenters. The standard InChI is InChI=1S/C25H29N3O5S/c1-18(29)28-15-12-19-8-4-5-9-21(19)22(28)17-25(30)26-20-10-11-23(33-2)24(16-20)34(31,32)27-13-6-3-7-14-27/h4-5,8-12,15-16,22H,3,6-7,13-14,17H2,1-2H3,(H,26,30)/t22-/m0/s1. The van der Waals surface area contributed by atoms with Crippen molar-refractivity contribution in [2.24, 2.45) is 0 Å². The van der Waals surface area contributed by atoms with Crippen molar-refractivity contribution in [3.63, 3.8) is 0 Å². The molecule has 34 heavy (non-hydrogen) atoms. The highest BCUT2D eigenvalue weighted by Gasteiger charge is 2.31. The van der Waals surface area contributed by atoms with Gasteiger partial charge in [0.15, 0.2) is 0 Å². The van der Waals surface area contributed by atoms with E-state index in [0.717, 1.165) is 30.4 Å². The summed E-state index contributed by atoms with van der Waals surface area (Å²) in [5.41, 5.74) is 2.20. The Labute approximate surface area is 200 Å². The molecule has 2 aromatic rings. The first-order valence-corrected chi connectivity index (χ1v) is 12.8. The third-order valence-electron chi connectivity index (χ3n) is 6.23. The largest absolute Gasteiger partial charge is 0.495 e. The van der Waals surface area contributed by atoms with Gasteiger partial charge in [-0.15, -0.1) is 0 Å². The molecule has 1 atom stereocenters. The highest BCUT2D eigenvalue weighted by atomic mass is 32.2. The first-order valence-electron chi connectivity index (χ1n) is 11.4. The number of ether oxygens (including phenoxy) is 1. The second kappa shape index (κ2) is 9.99. The first kappa shape index (κ1) is 24.0. The Morgan fingerprint density at radius 1 is 1.09 bits per heavy atom. The predicted octanol–water partition coefficient (Wildman–Crippen LogP) is 3.77. The van der Waals surface area contributed by atoms with Crippen LogP contribution in [-0.4, -0.2) is 49.6 Å². The lowest BCUT2D eigenvalue weighted by atomic mass is 9.93. The van der Waals surface area contributed by atoms with Crippen LogP contribution < -0.4 is 10.1 Å². The summed E-state index contributed by atoms with van der Waals surface area (Å²) in [5.74, 6) is -0.256. The number of rotatable bonds is 6. The number of fused-ring (bicyclic) bond motifs is 1. The summed E-state index contributed by atoms with van der Waals surface area (Å²) >= 11 is 0. The van der Waals surface area contributed by atoms with E-state index in [1.54, 1.807) is 23.2 Å². The number of methoxy groups -OCH3 is 1. The maximum Gasteiger partial charge on any atom is 0.246 e. The first-order chi connectivity index (χ1) is 16.3. The minimum atomic E-state index is -3.76. The number of carbonyl (C=O) groups excluding carboxylic acids is 2. The van der Waals surface area contributed by atoms with E-state index in [4.69, 9.17) is 4.74 Å². The highest BCUT2D eigenvalue weighted by molar-refractivity contribution is 7.89. The van der Waals surface area contributed by atoms with E-state index in [0.29, 0.717) is 18.8 Å². The van der Waals surface area contributed by atoms with Crippen LogP contribution in [0.25, 0.3) is 6.08 Å². The quantitative estimate of drug-likeness (QED) is 0.675. The normalized spacial score (nSPS) is 18.3. The molecule has 9 heteroatoms. The summed E-state index contributed by atoms with van der Waals surface area (Å²) in [6.07, 6.45) is 6.23. The Hall–Kier alpha value is -3.17. The van der Waals surface area contributed by atoms with E-state index >= 15 is 0 Å². The fraction of sp³-hybridized carbons (Fsp3) is 0.360. The molecule has 0 aliphatic carbocycles. The Kier molecular flexibility index (Phi) is 7.04. The smallest absolute Gasteiger partial charge is 0.246 e. The molecule has 0 aromatic heterocycles. The van der Waals surface area contributed by atoms with Crippen molar-refractivity contribution < 1.29 is 22.7 Å². The van der Waals surface area contributed by atoms with E-state index in [1.807, 2.05) is 30.3 Å². The van der Waals surface area contributed by atoms with Crippen molar-refractivity contribution in [2.75, 3.05) is 25.5 Å². The van der Waals surface area contributed by atoms with Crippen LogP contribution in [0.3, 0.4) is 0 Å². The zero-order chi connectivity index (χ0) is 24.3. The Balaban J connectivity index is 1.57. The zero-order valence-electron chi connectivity index (χ0n) is 19.4. The molecule has 1 saturated heterocycles. The van der Waals surface area contributed by atoms with Crippen molar-refractivity contribution in [3.05, 3.63) is 59.8 Å². The summed E-state index contributed by atoms with van der Waals surface area (Å²) < 4.78 is 33.3. The van der Waals surface area contributed by atoms with Gasteiger partial charge in [0, 0.05) is 31.9 Å². The molecular formula is C25H29N3O5S. The molecule has 1 fully saturated rings. The van der Waals surface area contributed by atoms with Crippen LogP contribution in [0.1, 0.15) is 49.8 Å². The second-order valence-electron chi connectivity index (χ2n) is 8.47. The van der Waals surface area contributed by atoms with Gasteiger partial charge in [-0.25, -0.2) is 8.42 Å². The van der Waals surface area contributed by atoms with Crippen molar-refractivity contribution in [2.45, 2.75) is 43.5 Å². The van der Waals surface area contributed by atoms with E-state index in [9.17, 15) is 18.0 Å². The molecule has 0 saturated carbocycles. The Morgan fingerprint density at radius 3 is 2.53 bits per heavy atom. The Bertz CT molecular complexity index is 1220. The molecule has 0 spiro atoms. The average Bonchev–Trinajstić information content (AvgIpc) is 2.84. The number of carbonyl (C=O) groups is 2. The lowest BCUT2D eigenvalue weighted by molar-refractivity contribution is -0.129. The number of nitrogens with zero attached hydrogens (tertiary/aromatic N) is 2. The number of anilines is 1. The minimum absolute atomic E-state index is 0.0289. The van der Waals surface area contributed by atoms with E-state index < -0.39 is 16.1 Å². The van der Waals surface area contributed by atoms with Crippen LogP contribution in [-0.2, 0) is 19.6 Å². The molecule has 2 aliphatic rings. The fourth-order valence-corrected chi connectivity index (χ4v) is 6.20. The lowest BCUT2D eigenvalue weighted by Crippen LogP contribution is -2.35. The molecular weight excluding hydrogens is 454 g/mol. The van der Waals surface area contributed by atoms with Gasteiger partial charge in [-0.2, -0.15) is 4.31 Å². The van der Waals surface area contributed by atoms with Crippen molar-refractivity contribution in [3.8, 4) is 5.75 Å². The SMILES string of the molecule is COc1ccc(NC(=O)C[C@H]2c3ccccc3C=CN2C(C)=O)cc1S(=O)(=O)N1CCCCC1. The van der Waals surface area contributed by atoms with Gasteiger partial charge in [-0.05, 0) is 48.2 Å². The summed E-state index contributed by atoms with van der Waals surface area (Å²) in [6, 6.07) is 11.8. The molecule has 1 N–H and O–H groups in total. The summed E-state index contributed by atoms with van der Waals surface area (Å²) in [4.78, 5) is 26.8. The van der Waals surface area contributed by atoms with Gasteiger partial charge in [-0.3, -0.25) is 9.59 Å². The van der Waals surface area contributed by atoms with Crippen molar-refractivity contribution in [1.82, 2.24) is 9.21 Å². The number of nitrogens with one attached hydrogen (secondary N) is 1. The van der Waals surface area contributed by atoms with Crippen LogP contribution >= 0.6 is 0 Å². The summed E-state index contributed by atoms with van der Waals surface area (Å²) in [5, 5.41) is 2.81. The van der Waals surface area contributed by atoms with Gasteiger partial charge in [0.05, 0.1) is 19.6 Å². The predicted molar refractivity (Wildman–Crippen MR) is 130 cm³/mol. The van der Waals surface area contributed by atoms with E-state index in [2.05, 4.69) is 5.32 Å². The summed E-state index contributed by atoms with van der Waals surface area (Å²) in [7, 11) is -2.33. The van der Waals surface area contributed by atoms with Crippen LogP contribution in [0, 0.1) is 0 Å². The molecule has 0 bridgehead atoms. The monoisotopic (exact) mass is 483 g/mol. The van der Waals surface area contributed by atoms with E-state index in [1.165, 1.54) is 24.4 Å². The Morgan fingerprint density at radius 2 is 1.82 bits per heavy atom.